The van der Waals surface area contributed by atoms with Gasteiger partial charge in [-0.25, -0.2) is 9.98 Å². The number of rotatable bonds is 3. The van der Waals surface area contributed by atoms with Gasteiger partial charge in [-0.1, -0.05) is 42.5 Å². The van der Waals surface area contributed by atoms with Crippen LogP contribution in [0.15, 0.2) is 101 Å². The Balaban J connectivity index is 1.51. The highest BCUT2D eigenvalue weighted by Gasteiger charge is 2.12. The molecule has 0 bridgehead atoms. The molecule has 2 aromatic carbocycles. The van der Waals surface area contributed by atoms with Gasteiger partial charge >= 0.3 is 0 Å². The van der Waals surface area contributed by atoms with Crippen LogP contribution in [0.1, 0.15) is 10.4 Å². The lowest BCUT2D eigenvalue weighted by atomic mass is 10.1. The minimum Gasteiger partial charge on any atom is -0.347 e. The summed E-state index contributed by atoms with van der Waals surface area (Å²) in [5.41, 5.74) is 1.66. The zero-order valence-electron chi connectivity index (χ0n) is 13.0. The number of para-hydroxylation sites is 2. The molecule has 4 rings (SSSR count). The number of ketones is 1. The van der Waals surface area contributed by atoms with Gasteiger partial charge in [0.2, 0.25) is 0 Å². The van der Waals surface area contributed by atoms with Crippen molar-refractivity contribution >= 4 is 5.78 Å². The fourth-order valence-electron chi connectivity index (χ4n) is 2.63. The van der Waals surface area contributed by atoms with Crippen LogP contribution in [0.2, 0.25) is 0 Å². The molecule has 2 heterocycles. The van der Waals surface area contributed by atoms with E-state index in [0.717, 1.165) is 21.9 Å². The van der Waals surface area contributed by atoms with Crippen LogP contribution in [-0.2, 0) is 0 Å². The SMILES string of the molecule is O=C(CN1C=CC(=C2N=c3ccccc3=N2)C=C1)c1ccccc1. The Morgan fingerprint density at radius 1 is 0.833 bits per heavy atom. The second-order valence-corrected chi connectivity index (χ2v) is 5.58. The van der Waals surface area contributed by atoms with Gasteiger partial charge in [-0.2, -0.15) is 0 Å². The van der Waals surface area contributed by atoms with Gasteiger partial charge in [0.05, 0.1) is 17.3 Å². The van der Waals surface area contributed by atoms with E-state index in [-0.39, 0.29) is 5.78 Å². The molecule has 0 radical (unpaired) electrons. The van der Waals surface area contributed by atoms with Crippen LogP contribution in [0, 0.1) is 0 Å². The van der Waals surface area contributed by atoms with Crippen molar-refractivity contribution in [1.29, 1.82) is 0 Å². The van der Waals surface area contributed by atoms with E-state index in [0.29, 0.717) is 12.4 Å². The Morgan fingerprint density at radius 3 is 2.04 bits per heavy atom. The van der Waals surface area contributed by atoms with Crippen LogP contribution in [0.3, 0.4) is 0 Å². The molecule has 0 N–H and O–H groups in total. The molecule has 4 nitrogen and oxygen atoms in total. The molecule has 116 valence electrons. The zero-order chi connectivity index (χ0) is 16.4. The molecule has 0 aliphatic carbocycles. The first-order valence-corrected chi connectivity index (χ1v) is 7.77. The summed E-state index contributed by atoms with van der Waals surface area (Å²) in [5, 5.41) is 1.78. The van der Waals surface area contributed by atoms with E-state index < -0.39 is 0 Å². The number of hydrogen-bond acceptors (Lipinski definition) is 4. The fraction of sp³-hybridized carbons (Fsp3) is 0.0500. The molecule has 24 heavy (non-hydrogen) atoms. The summed E-state index contributed by atoms with van der Waals surface area (Å²) < 4.78 is 0. The van der Waals surface area contributed by atoms with Crippen LogP contribution in [0.25, 0.3) is 0 Å². The van der Waals surface area contributed by atoms with Crippen LogP contribution in [0.4, 0.5) is 0 Å². The summed E-state index contributed by atoms with van der Waals surface area (Å²) in [5.74, 6) is 0.793. The Hall–Kier alpha value is -3.27. The molecule has 2 aromatic rings. The van der Waals surface area contributed by atoms with Crippen LogP contribution >= 0.6 is 0 Å². The standard InChI is InChI=1S/C20H15N3O/c24-19(15-6-2-1-3-7-15)14-23-12-10-16(11-13-23)20-21-17-8-4-5-9-18(17)22-20/h1-13H,14H2. The van der Waals surface area contributed by atoms with Crippen LogP contribution in [0.5, 0.6) is 0 Å². The lowest BCUT2D eigenvalue weighted by Crippen LogP contribution is -2.21. The van der Waals surface area contributed by atoms with Crippen molar-refractivity contribution in [2.75, 3.05) is 6.54 Å². The number of carbonyl (C=O) groups excluding carboxylic acids is 1. The molecule has 0 saturated carbocycles. The minimum absolute atomic E-state index is 0.0867. The highest BCUT2D eigenvalue weighted by Crippen LogP contribution is 2.17. The normalized spacial score (nSPS) is 15.1. The van der Waals surface area contributed by atoms with Gasteiger partial charge in [-0.05, 0) is 24.3 Å². The van der Waals surface area contributed by atoms with Crippen molar-refractivity contribution in [2.45, 2.75) is 0 Å². The van der Waals surface area contributed by atoms with E-state index in [1.807, 2.05) is 84.0 Å². The van der Waals surface area contributed by atoms with E-state index in [4.69, 9.17) is 0 Å². The van der Waals surface area contributed by atoms with Crippen LogP contribution < -0.4 is 10.7 Å². The Morgan fingerprint density at radius 2 is 1.42 bits per heavy atom. The lowest BCUT2D eigenvalue weighted by molar-refractivity contribution is 0.0969. The predicted octanol–water partition coefficient (Wildman–Crippen LogP) is 2.38. The summed E-state index contributed by atoms with van der Waals surface area (Å²) in [6.07, 6.45) is 7.65. The third-order valence-electron chi connectivity index (χ3n) is 3.91. The second kappa shape index (κ2) is 6.08. The summed E-state index contributed by atoms with van der Waals surface area (Å²) in [4.78, 5) is 23.2. The average Bonchev–Trinajstić information content (AvgIpc) is 3.07. The quantitative estimate of drug-likeness (QED) is 0.817. The van der Waals surface area contributed by atoms with Gasteiger partial charge in [0.1, 0.15) is 0 Å². The van der Waals surface area contributed by atoms with Gasteiger partial charge in [-0.15, -0.1) is 0 Å². The average molecular weight is 313 g/mol. The smallest absolute Gasteiger partial charge is 0.182 e. The van der Waals surface area contributed by atoms with Crippen LogP contribution in [-0.4, -0.2) is 17.2 Å². The second-order valence-electron chi connectivity index (χ2n) is 5.58. The highest BCUT2D eigenvalue weighted by molar-refractivity contribution is 5.97. The van der Waals surface area contributed by atoms with E-state index in [9.17, 15) is 4.79 Å². The molecule has 0 fully saturated rings. The minimum atomic E-state index is 0.0867. The zero-order valence-corrected chi connectivity index (χ0v) is 13.0. The number of benzene rings is 2. The molecule has 0 spiro atoms. The topological polar surface area (TPSA) is 45.0 Å². The first kappa shape index (κ1) is 14.3. The Bertz CT molecular complexity index is 948. The largest absolute Gasteiger partial charge is 0.347 e. The molecule has 4 heteroatoms. The first-order chi connectivity index (χ1) is 11.8. The molecule has 0 unspecified atom stereocenters. The van der Waals surface area contributed by atoms with E-state index in [1.54, 1.807) is 0 Å². The van der Waals surface area contributed by atoms with Crippen molar-refractivity contribution < 1.29 is 4.79 Å². The van der Waals surface area contributed by atoms with E-state index >= 15 is 0 Å². The summed E-state index contributed by atoms with van der Waals surface area (Å²) in [7, 11) is 0. The molecular formula is C20H15N3O. The van der Waals surface area contributed by atoms with Crippen molar-refractivity contribution in [2.24, 2.45) is 9.98 Å². The maximum absolute atomic E-state index is 12.2. The molecular weight excluding hydrogens is 298 g/mol. The summed E-state index contributed by atoms with van der Waals surface area (Å²) >= 11 is 0. The summed E-state index contributed by atoms with van der Waals surface area (Å²) in [6.45, 7) is 0.314. The molecule has 2 aliphatic heterocycles. The maximum Gasteiger partial charge on any atom is 0.182 e. The monoisotopic (exact) mass is 313 g/mol. The number of Topliss-reactive ketones (excluding diaryl/α,β-unsaturated/α-hetero) is 1. The van der Waals surface area contributed by atoms with Crippen molar-refractivity contribution in [3.63, 3.8) is 0 Å². The van der Waals surface area contributed by atoms with Gasteiger partial charge in [0.25, 0.3) is 0 Å². The van der Waals surface area contributed by atoms with E-state index in [1.165, 1.54) is 0 Å². The number of nitrogens with zero attached hydrogens (tertiary/aromatic N) is 3. The highest BCUT2D eigenvalue weighted by atomic mass is 16.1. The predicted molar refractivity (Wildman–Crippen MR) is 91.5 cm³/mol. The molecule has 0 saturated heterocycles. The third-order valence-corrected chi connectivity index (χ3v) is 3.91. The van der Waals surface area contributed by atoms with Crippen molar-refractivity contribution in [3.05, 3.63) is 107 Å². The Labute approximate surface area is 139 Å². The van der Waals surface area contributed by atoms with Crippen molar-refractivity contribution in [3.8, 4) is 0 Å². The molecule has 2 aliphatic rings. The van der Waals surface area contributed by atoms with Crippen molar-refractivity contribution in [1.82, 2.24) is 4.90 Å². The van der Waals surface area contributed by atoms with E-state index in [2.05, 4.69) is 9.98 Å². The lowest BCUT2D eigenvalue weighted by Gasteiger charge is -2.18. The Kier molecular flexibility index (Phi) is 3.63. The maximum atomic E-state index is 12.2. The number of allylic oxidation sites excluding steroid dienone is 3. The van der Waals surface area contributed by atoms with Gasteiger partial charge < -0.3 is 4.90 Å². The summed E-state index contributed by atoms with van der Waals surface area (Å²) in [6, 6.07) is 17.1. The number of carbonyl (C=O) groups is 1. The van der Waals surface area contributed by atoms with Gasteiger partial charge in [0, 0.05) is 23.5 Å². The van der Waals surface area contributed by atoms with Gasteiger partial charge in [-0.3, -0.25) is 4.79 Å². The fourth-order valence-corrected chi connectivity index (χ4v) is 2.63. The third kappa shape index (κ3) is 2.82. The van der Waals surface area contributed by atoms with Gasteiger partial charge in [0.15, 0.2) is 11.6 Å². The number of fused-ring (bicyclic) bond motifs is 1. The number of hydrogen-bond donors (Lipinski definition) is 0. The first-order valence-electron chi connectivity index (χ1n) is 7.77. The molecule has 0 atom stereocenters. The molecule has 0 aromatic heterocycles. The molecule has 0 amide bonds.